The maximum absolute atomic E-state index is 5.53. The van der Waals surface area contributed by atoms with Crippen LogP contribution in [0.1, 0.15) is 40.8 Å². The molecule has 21 heavy (non-hydrogen) atoms. The Kier molecular flexibility index (Phi) is 4.43. The van der Waals surface area contributed by atoms with E-state index < -0.39 is 0 Å². The second-order valence-corrected chi connectivity index (χ2v) is 6.43. The summed E-state index contributed by atoms with van der Waals surface area (Å²) in [5, 5.41) is 3.61. The van der Waals surface area contributed by atoms with Crippen molar-refractivity contribution in [1.82, 2.24) is 5.32 Å². The second-order valence-electron chi connectivity index (χ2n) is 5.51. The molecular weight excluding hydrogens is 326 g/mol. The lowest BCUT2D eigenvalue weighted by Gasteiger charge is -2.22. The summed E-state index contributed by atoms with van der Waals surface area (Å²) in [6.45, 7) is 6.74. The van der Waals surface area contributed by atoms with Gasteiger partial charge >= 0.3 is 0 Å². The lowest BCUT2D eigenvalue weighted by molar-refractivity contribution is 0.134. The van der Waals surface area contributed by atoms with E-state index in [-0.39, 0.29) is 6.04 Å². The number of aryl methyl sites for hydroxylation is 1. The summed E-state index contributed by atoms with van der Waals surface area (Å²) >= 11 is 3.54. The molecule has 1 N–H and O–H groups in total. The Morgan fingerprint density at radius 1 is 1.14 bits per heavy atom. The minimum absolute atomic E-state index is 0.231. The van der Waals surface area contributed by atoms with Crippen LogP contribution in [0.5, 0.6) is 0 Å². The SMILES string of the molecule is CCNC(c1ccc2c(c1)COC2)c1ccc(Br)cc1C. The first-order chi connectivity index (χ1) is 10.2. The number of hydrogen-bond acceptors (Lipinski definition) is 2. The quantitative estimate of drug-likeness (QED) is 0.881. The summed E-state index contributed by atoms with van der Waals surface area (Å²) in [5.41, 5.74) is 6.59. The van der Waals surface area contributed by atoms with E-state index in [1.807, 2.05) is 0 Å². The summed E-state index contributed by atoms with van der Waals surface area (Å²) < 4.78 is 6.65. The van der Waals surface area contributed by atoms with Crippen LogP contribution in [0, 0.1) is 6.92 Å². The Hall–Kier alpha value is -1.16. The molecule has 0 amide bonds. The van der Waals surface area contributed by atoms with Crippen molar-refractivity contribution in [2.75, 3.05) is 6.54 Å². The summed E-state index contributed by atoms with van der Waals surface area (Å²) in [6.07, 6.45) is 0. The first-order valence-corrected chi connectivity index (χ1v) is 8.17. The van der Waals surface area contributed by atoms with Crippen LogP contribution in [-0.2, 0) is 18.0 Å². The Morgan fingerprint density at radius 2 is 1.95 bits per heavy atom. The predicted octanol–water partition coefficient (Wildman–Crippen LogP) is 4.49. The van der Waals surface area contributed by atoms with Gasteiger partial charge in [-0.25, -0.2) is 0 Å². The third-order valence-corrected chi connectivity index (χ3v) is 4.52. The molecule has 110 valence electrons. The van der Waals surface area contributed by atoms with E-state index in [0.717, 1.165) is 24.2 Å². The van der Waals surface area contributed by atoms with Crippen LogP contribution in [0.15, 0.2) is 40.9 Å². The molecule has 0 saturated carbocycles. The van der Waals surface area contributed by atoms with Gasteiger partial charge in [0, 0.05) is 4.47 Å². The lowest BCUT2D eigenvalue weighted by Crippen LogP contribution is -2.23. The van der Waals surface area contributed by atoms with E-state index in [1.54, 1.807) is 0 Å². The molecule has 0 fully saturated rings. The minimum Gasteiger partial charge on any atom is -0.372 e. The monoisotopic (exact) mass is 345 g/mol. The van der Waals surface area contributed by atoms with Gasteiger partial charge in [0.1, 0.15) is 0 Å². The summed E-state index contributed by atoms with van der Waals surface area (Å²) in [6, 6.07) is 13.4. The van der Waals surface area contributed by atoms with Crippen molar-refractivity contribution in [2.24, 2.45) is 0 Å². The number of nitrogens with one attached hydrogen (secondary N) is 1. The standard InChI is InChI=1S/C18H20BrNO/c1-3-20-18(17-7-6-16(19)8-12(17)2)13-4-5-14-10-21-11-15(14)9-13/h4-9,18,20H,3,10-11H2,1-2H3. The predicted molar refractivity (Wildman–Crippen MR) is 89.3 cm³/mol. The van der Waals surface area contributed by atoms with Crippen LogP contribution in [0.4, 0.5) is 0 Å². The Bertz CT molecular complexity index is 654. The topological polar surface area (TPSA) is 21.3 Å². The third kappa shape index (κ3) is 3.05. The van der Waals surface area contributed by atoms with Crippen molar-refractivity contribution in [2.45, 2.75) is 33.1 Å². The van der Waals surface area contributed by atoms with Gasteiger partial charge in [-0.1, -0.05) is 47.1 Å². The molecule has 1 aliphatic heterocycles. The molecule has 1 aliphatic rings. The molecule has 3 rings (SSSR count). The number of rotatable bonds is 4. The van der Waals surface area contributed by atoms with E-state index in [4.69, 9.17) is 4.74 Å². The van der Waals surface area contributed by atoms with Gasteiger partial charge in [0.2, 0.25) is 0 Å². The fraction of sp³-hybridized carbons (Fsp3) is 0.333. The van der Waals surface area contributed by atoms with Crippen molar-refractivity contribution in [3.8, 4) is 0 Å². The van der Waals surface area contributed by atoms with Crippen LogP contribution in [0.2, 0.25) is 0 Å². The smallest absolute Gasteiger partial charge is 0.0725 e. The van der Waals surface area contributed by atoms with Gasteiger partial charge < -0.3 is 10.1 Å². The maximum Gasteiger partial charge on any atom is 0.0725 e. The molecule has 1 atom stereocenters. The number of ether oxygens (including phenoxy) is 1. The van der Waals surface area contributed by atoms with Gasteiger partial charge in [-0.15, -0.1) is 0 Å². The van der Waals surface area contributed by atoms with Gasteiger partial charge in [0.15, 0.2) is 0 Å². The van der Waals surface area contributed by atoms with Gasteiger partial charge in [-0.2, -0.15) is 0 Å². The average molecular weight is 346 g/mol. The molecule has 3 heteroatoms. The van der Waals surface area contributed by atoms with E-state index in [2.05, 4.69) is 71.5 Å². The average Bonchev–Trinajstić information content (AvgIpc) is 2.93. The number of benzene rings is 2. The molecule has 2 aromatic rings. The van der Waals surface area contributed by atoms with E-state index in [1.165, 1.54) is 27.8 Å². The largest absolute Gasteiger partial charge is 0.372 e. The van der Waals surface area contributed by atoms with Gasteiger partial charge in [-0.05, 0) is 53.4 Å². The lowest BCUT2D eigenvalue weighted by atomic mass is 9.93. The summed E-state index contributed by atoms with van der Waals surface area (Å²) in [5.74, 6) is 0. The van der Waals surface area contributed by atoms with Crippen molar-refractivity contribution in [1.29, 1.82) is 0 Å². The third-order valence-electron chi connectivity index (χ3n) is 4.03. The molecule has 0 bridgehead atoms. The Labute approximate surface area is 134 Å². The normalized spacial score (nSPS) is 15.0. The number of hydrogen-bond donors (Lipinski definition) is 1. The van der Waals surface area contributed by atoms with Crippen molar-refractivity contribution < 1.29 is 4.74 Å². The van der Waals surface area contributed by atoms with E-state index in [9.17, 15) is 0 Å². The number of fused-ring (bicyclic) bond motifs is 1. The first kappa shape index (κ1) is 14.8. The second kappa shape index (κ2) is 6.30. The van der Waals surface area contributed by atoms with Gasteiger partial charge in [0.05, 0.1) is 19.3 Å². The zero-order chi connectivity index (χ0) is 14.8. The Balaban J connectivity index is 2.01. The van der Waals surface area contributed by atoms with Crippen LogP contribution in [0.25, 0.3) is 0 Å². The Morgan fingerprint density at radius 3 is 2.71 bits per heavy atom. The fourth-order valence-corrected chi connectivity index (χ4v) is 3.42. The summed E-state index contributed by atoms with van der Waals surface area (Å²) in [7, 11) is 0. The molecule has 0 saturated heterocycles. The highest BCUT2D eigenvalue weighted by atomic mass is 79.9. The molecule has 2 nitrogen and oxygen atoms in total. The highest BCUT2D eigenvalue weighted by Crippen LogP contribution is 2.30. The highest BCUT2D eigenvalue weighted by Gasteiger charge is 2.18. The van der Waals surface area contributed by atoms with Crippen LogP contribution in [0.3, 0.4) is 0 Å². The molecule has 0 aliphatic carbocycles. The van der Waals surface area contributed by atoms with Gasteiger partial charge in [0.25, 0.3) is 0 Å². The fourth-order valence-electron chi connectivity index (χ4n) is 2.95. The molecule has 1 unspecified atom stereocenters. The number of halogens is 1. The van der Waals surface area contributed by atoms with Crippen LogP contribution < -0.4 is 5.32 Å². The van der Waals surface area contributed by atoms with Crippen molar-refractivity contribution in [3.05, 3.63) is 68.7 Å². The van der Waals surface area contributed by atoms with Gasteiger partial charge in [-0.3, -0.25) is 0 Å². The summed E-state index contributed by atoms with van der Waals surface area (Å²) in [4.78, 5) is 0. The molecule has 1 heterocycles. The van der Waals surface area contributed by atoms with Crippen LogP contribution >= 0.6 is 15.9 Å². The zero-order valence-corrected chi connectivity index (χ0v) is 14.0. The molecule has 0 radical (unpaired) electrons. The molecule has 0 spiro atoms. The van der Waals surface area contributed by atoms with E-state index in [0.29, 0.717) is 0 Å². The first-order valence-electron chi connectivity index (χ1n) is 7.38. The maximum atomic E-state index is 5.53. The van der Waals surface area contributed by atoms with Crippen molar-refractivity contribution >= 4 is 15.9 Å². The highest BCUT2D eigenvalue weighted by molar-refractivity contribution is 9.10. The minimum atomic E-state index is 0.231. The van der Waals surface area contributed by atoms with Crippen molar-refractivity contribution in [3.63, 3.8) is 0 Å². The van der Waals surface area contributed by atoms with Crippen LogP contribution in [-0.4, -0.2) is 6.54 Å². The molecule has 2 aromatic carbocycles. The zero-order valence-electron chi connectivity index (χ0n) is 12.4. The van der Waals surface area contributed by atoms with E-state index >= 15 is 0 Å². The molecular formula is C18H20BrNO. The molecule has 0 aromatic heterocycles.